The predicted molar refractivity (Wildman–Crippen MR) is 82.5 cm³/mol. The molecule has 5 heteroatoms. The molecule has 1 heterocycles. The van der Waals surface area contributed by atoms with Crippen LogP contribution >= 0.6 is 0 Å². The van der Waals surface area contributed by atoms with Crippen LogP contribution in [0, 0.1) is 5.92 Å². The van der Waals surface area contributed by atoms with E-state index >= 15 is 0 Å². The summed E-state index contributed by atoms with van der Waals surface area (Å²) >= 11 is 0. The second kappa shape index (κ2) is 7.43. The molecule has 1 aromatic rings. The molecule has 1 fully saturated rings. The normalized spacial score (nSPS) is 19.5. The average Bonchev–Trinajstić information content (AvgIpc) is 2.46. The summed E-state index contributed by atoms with van der Waals surface area (Å²) in [6.45, 7) is 6.66. The summed E-state index contributed by atoms with van der Waals surface area (Å²) in [5, 5.41) is 0. The summed E-state index contributed by atoms with van der Waals surface area (Å²) in [6.07, 6.45) is 2.11. The SMILES string of the molecule is CC(C)Oc1cccc(CN2CCCC(C(=O)NN)C2)c1. The minimum atomic E-state index is -0.0587. The van der Waals surface area contributed by atoms with E-state index in [0.29, 0.717) is 0 Å². The molecule has 2 rings (SSSR count). The van der Waals surface area contributed by atoms with Crippen molar-refractivity contribution in [1.82, 2.24) is 10.3 Å². The number of nitrogens with zero attached hydrogens (tertiary/aromatic N) is 1. The lowest BCUT2D eigenvalue weighted by Crippen LogP contribution is -2.44. The fraction of sp³-hybridized carbons (Fsp3) is 0.562. The Balaban J connectivity index is 1.96. The number of benzene rings is 1. The van der Waals surface area contributed by atoms with Crippen molar-refractivity contribution in [3.05, 3.63) is 29.8 Å². The van der Waals surface area contributed by atoms with E-state index in [0.717, 1.165) is 38.2 Å². The van der Waals surface area contributed by atoms with E-state index in [1.54, 1.807) is 0 Å². The van der Waals surface area contributed by atoms with Crippen LogP contribution in [0.1, 0.15) is 32.3 Å². The smallest absolute Gasteiger partial charge is 0.238 e. The van der Waals surface area contributed by atoms with E-state index in [4.69, 9.17) is 10.6 Å². The molecule has 1 unspecified atom stereocenters. The molecule has 5 nitrogen and oxygen atoms in total. The summed E-state index contributed by atoms with van der Waals surface area (Å²) in [5.74, 6) is 6.07. The van der Waals surface area contributed by atoms with Gasteiger partial charge in [0.1, 0.15) is 5.75 Å². The zero-order valence-electron chi connectivity index (χ0n) is 12.8. The molecule has 1 aromatic carbocycles. The Hall–Kier alpha value is -1.59. The van der Waals surface area contributed by atoms with E-state index in [1.807, 2.05) is 26.0 Å². The number of hydrazine groups is 1. The number of nitrogens with two attached hydrogens (primary N) is 1. The van der Waals surface area contributed by atoms with Gasteiger partial charge >= 0.3 is 0 Å². The molecule has 21 heavy (non-hydrogen) atoms. The van der Waals surface area contributed by atoms with Crippen LogP contribution in [-0.4, -0.2) is 30.0 Å². The lowest BCUT2D eigenvalue weighted by molar-refractivity contribution is -0.126. The van der Waals surface area contributed by atoms with Crippen LogP contribution in [-0.2, 0) is 11.3 Å². The highest BCUT2D eigenvalue weighted by atomic mass is 16.5. The number of rotatable bonds is 5. The van der Waals surface area contributed by atoms with Crippen molar-refractivity contribution >= 4 is 5.91 Å². The fourth-order valence-corrected chi connectivity index (χ4v) is 2.78. The van der Waals surface area contributed by atoms with Crippen LogP contribution in [0.2, 0.25) is 0 Å². The maximum atomic E-state index is 11.7. The van der Waals surface area contributed by atoms with Crippen LogP contribution in [0.15, 0.2) is 24.3 Å². The number of nitrogens with one attached hydrogen (secondary N) is 1. The Kier molecular flexibility index (Phi) is 5.59. The summed E-state index contributed by atoms with van der Waals surface area (Å²) in [6, 6.07) is 8.16. The van der Waals surface area contributed by atoms with Crippen LogP contribution in [0.5, 0.6) is 5.75 Å². The van der Waals surface area contributed by atoms with Crippen molar-refractivity contribution in [2.75, 3.05) is 13.1 Å². The summed E-state index contributed by atoms with van der Waals surface area (Å²) in [7, 11) is 0. The van der Waals surface area contributed by atoms with E-state index in [1.165, 1.54) is 5.56 Å². The molecule has 0 aliphatic carbocycles. The van der Waals surface area contributed by atoms with Crippen molar-refractivity contribution in [2.45, 2.75) is 39.3 Å². The van der Waals surface area contributed by atoms with Crippen molar-refractivity contribution in [2.24, 2.45) is 11.8 Å². The summed E-state index contributed by atoms with van der Waals surface area (Å²) in [4.78, 5) is 14.0. The Labute approximate surface area is 126 Å². The highest BCUT2D eigenvalue weighted by molar-refractivity contribution is 5.78. The number of likely N-dealkylation sites (tertiary alicyclic amines) is 1. The molecule has 0 radical (unpaired) electrons. The minimum Gasteiger partial charge on any atom is -0.491 e. The molecule has 0 saturated carbocycles. The molecule has 0 aromatic heterocycles. The number of ether oxygens (including phenoxy) is 1. The first-order valence-electron chi connectivity index (χ1n) is 7.57. The van der Waals surface area contributed by atoms with E-state index in [9.17, 15) is 4.79 Å². The molecule has 3 N–H and O–H groups in total. The van der Waals surface area contributed by atoms with Gasteiger partial charge in [0.05, 0.1) is 12.0 Å². The van der Waals surface area contributed by atoms with Crippen molar-refractivity contribution in [3.63, 3.8) is 0 Å². The third kappa shape index (κ3) is 4.72. The summed E-state index contributed by atoms with van der Waals surface area (Å²) < 4.78 is 5.72. The van der Waals surface area contributed by atoms with Gasteiger partial charge in [-0.3, -0.25) is 15.1 Å². The van der Waals surface area contributed by atoms with Gasteiger partial charge < -0.3 is 4.74 Å². The van der Waals surface area contributed by atoms with Crippen molar-refractivity contribution in [1.29, 1.82) is 0 Å². The minimum absolute atomic E-state index is 0.00107. The Morgan fingerprint density at radius 1 is 1.52 bits per heavy atom. The average molecular weight is 291 g/mol. The number of hydrogen-bond acceptors (Lipinski definition) is 4. The zero-order chi connectivity index (χ0) is 15.2. The third-order valence-electron chi connectivity index (χ3n) is 3.69. The predicted octanol–water partition coefficient (Wildman–Crippen LogP) is 1.68. The van der Waals surface area contributed by atoms with Gasteiger partial charge in [0.25, 0.3) is 0 Å². The molecular formula is C16H25N3O2. The second-order valence-corrected chi connectivity index (χ2v) is 5.90. The third-order valence-corrected chi connectivity index (χ3v) is 3.69. The van der Waals surface area contributed by atoms with E-state index in [-0.39, 0.29) is 17.9 Å². The summed E-state index contributed by atoms with van der Waals surface area (Å²) in [5.41, 5.74) is 3.47. The first kappa shape index (κ1) is 15.8. The number of carbonyl (C=O) groups excluding carboxylic acids is 1. The van der Waals surface area contributed by atoms with Gasteiger partial charge in [0.15, 0.2) is 0 Å². The number of piperidine rings is 1. The van der Waals surface area contributed by atoms with Crippen molar-refractivity contribution < 1.29 is 9.53 Å². The second-order valence-electron chi connectivity index (χ2n) is 5.90. The maximum Gasteiger partial charge on any atom is 0.238 e. The van der Waals surface area contributed by atoms with Gasteiger partial charge in [-0.1, -0.05) is 12.1 Å². The monoisotopic (exact) mass is 291 g/mol. The van der Waals surface area contributed by atoms with Crippen LogP contribution < -0.4 is 16.0 Å². The molecule has 0 bridgehead atoms. The number of carbonyl (C=O) groups is 1. The molecule has 1 atom stereocenters. The molecule has 1 aliphatic heterocycles. The lowest BCUT2D eigenvalue weighted by Gasteiger charge is -2.31. The van der Waals surface area contributed by atoms with Gasteiger partial charge in [-0.25, -0.2) is 5.84 Å². The highest BCUT2D eigenvalue weighted by Gasteiger charge is 2.25. The van der Waals surface area contributed by atoms with E-state index < -0.39 is 0 Å². The van der Waals surface area contributed by atoms with Gasteiger partial charge in [0, 0.05) is 13.1 Å². The molecule has 1 amide bonds. The molecule has 1 aliphatic rings. The van der Waals surface area contributed by atoms with Gasteiger partial charge in [0.2, 0.25) is 5.91 Å². The largest absolute Gasteiger partial charge is 0.491 e. The Morgan fingerprint density at radius 2 is 2.33 bits per heavy atom. The first-order valence-corrected chi connectivity index (χ1v) is 7.57. The van der Waals surface area contributed by atoms with Crippen LogP contribution in [0.3, 0.4) is 0 Å². The molecular weight excluding hydrogens is 266 g/mol. The number of hydrogen-bond donors (Lipinski definition) is 2. The highest BCUT2D eigenvalue weighted by Crippen LogP contribution is 2.21. The lowest BCUT2D eigenvalue weighted by atomic mass is 9.97. The zero-order valence-corrected chi connectivity index (χ0v) is 12.8. The first-order chi connectivity index (χ1) is 10.1. The Morgan fingerprint density at radius 3 is 3.05 bits per heavy atom. The quantitative estimate of drug-likeness (QED) is 0.492. The van der Waals surface area contributed by atoms with Gasteiger partial charge in [-0.2, -0.15) is 0 Å². The topological polar surface area (TPSA) is 67.6 Å². The fourth-order valence-electron chi connectivity index (χ4n) is 2.78. The molecule has 0 spiro atoms. The van der Waals surface area contributed by atoms with E-state index in [2.05, 4.69) is 22.5 Å². The Bertz CT molecular complexity index is 476. The van der Waals surface area contributed by atoms with Crippen LogP contribution in [0.4, 0.5) is 0 Å². The molecule has 1 saturated heterocycles. The van der Waals surface area contributed by atoms with Crippen molar-refractivity contribution in [3.8, 4) is 5.75 Å². The number of amides is 1. The van der Waals surface area contributed by atoms with Gasteiger partial charge in [-0.15, -0.1) is 0 Å². The standard InChI is InChI=1S/C16H25N3O2/c1-12(2)21-15-7-3-5-13(9-15)10-19-8-4-6-14(11-19)16(20)18-17/h3,5,7,9,12,14H,4,6,8,10-11,17H2,1-2H3,(H,18,20). The van der Waals surface area contributed by atoms with Gasteiger partial charge in [-0.05, 0) is 50.9 Å². The molecule has 116 valence electrons. The van der Waals surface area contributed by atoms with Crippen LogP contribution in [0.25, 0.3) is 0 Å². The maximum absolute atomic E-state index is 11.7.